The second-order valence-electron chi connectivity index (χ2n) is 5.35. The summed E-state index contributed by atoms with van der Waals surface area (Å²) < 4.78 is 39.7. The van der Waals surface area contributed by atoms with Crippen LogP contribution < -0.4 is 0 Å². The van der Waals surface area contributed by atoms with Crippen molar-refractivity contribution in [2.75, 3.05) is 39.4 Å². The Morgan fingerprint density at radius 2 is 1.71 bits per heavy atom. The van der Waals surface area contributed by atoms with Gasteiger partial charge in [-0.1, -0.05) is 13.8 Å². The van der Waals surface area contributed by atoms with Crippen molar-refractivity contribution < 1.29 is 31.2 Å². The quantitative estimate of drug-likeness (QED) is 0.266. The summed E-state index contributed by atoms with van der Waals surface area (Å²) in [4.78, 5) is 11.4. The number of carbonyl (C=O) groups is 1. The van der Waals surface area contributed by atoms with E-state index in [2.05, 4.69) is 4.18 Å². The van der Waals surface area contributed by atoms with Crippen LogP contribution in [-0.2, 0) is 24.1 Å². The number of esters is 1. The van der Waals surface area contributed by atoms with Crippen molar-refractivity contribution in [2.45, 2.75) is 34.1 Å². The molecule has 0 aliphatic heterocycles. The van der Waals surface area contributed by atoms with Crippen molar-refractivity contribution in [3.8, 4) is 0 Å². The van der Waals surface area contributed by atoms with Gasteiger partial charge in [0.1, 0.15) is 13.2 Å². The van der Waals surface area contributed by atoms with Crippen molar-refractivity contribution in [1.82, 2.24) is 0 Å². The van der Waals surface area contributed by atoms with Crippen LogP contribution in [0.2, 0.25) is 0 Å². The topological polar surface area (TPSA) is 89.9 Å². The molecule has 0 heterocycles. The first kappa shape index (κ1) is 20.3. The number of hydrogen-bond donors (Lipinski definition) is 1. The predicted octanol–water partition coefficient (Wildman–Crippen LogP) is 1.25. The van der Waals surface area contributed by atoms with E-state index in [0.717, 1.165) is 13.1 Å². The van der Waals surface area contributed by atoms with Crippen LogP contribution in [0.3, 0.4) is 0 Å². The van der Waals surface area contributed by atoms with Crippen LogP contribution in [0.15, 0.2) is 0 Å². The molecule has 0 unspecified atom stereocenters. The SMILES string of the molecule is CC[N+](CC)(CCCOS(=O)(=O)O)CCOC(=O)C(C)C. The van der Waals surface area contributed by atoms with E-state index >= 15 is 0 Å². The maximum Gasteiger partial charge on any atom is 0.397 e. The molecule has 0 bridgehead atoms. The molecule has 8 heteroatoms. The van der Waals surface area contributed by atoms with Crippen molar-refractivity contribution in [3.63, 3.8) is 0 Å². The van der Waals surface area contributed by atoms with Gasteiger partial charge in [-0.05, 0) is 13.8 Å². The van der Waals surface area contributed by atoms with E-state index in [1.807, 2.05) is 13.8 Å². The van der Waals surface area contributed by atoms with E-state index in [1.165, 1.54) is 0 Å². The molecule has 21 heavy (non-hydrogen) atoms. The lowest BCUT2D eigenvalue weighted by Gasteiger charge is -2.36. The zero-order valence-electron chi connectivity index (χ0n) is 13.4. The lowest BCUT2D eigenvalue weighted by atomic mass is 10.2. The number of carbonyl (C=O) groups excluding carboxylic acids is 1. The fourth-order valence-corrected chi connectivity index (χ4v) is 2.37. The smallest absolute Gasteiger partial charge is 0.397 e. The Morgan fingerprint density at radius 1 is 1.14 bits per heavy atom. The summed E-state index contributed by atoms with van der Waals surface area (Å²) in [5.74, 6) is -0.353. The van der Waals surface area contributed by atoms with Gasteiger partial charge in [0.25, 0.3) is 0 Å². The molecule has 0 aromatic carbocycles. The fourth-order valence-electron chi connectivity index (χ4n) is 2.04. The van der Waals surface area contributed by atoms with Crippen molar-refractivity contribution in [1.29, 1.82) is 0 Å². The van der Waals surface area contributed by atoms with Crippen LogP contribution in [-0.4, -0.2) is 62.8 Å². The number of quaternary nitrogens is 1. The average Bonchev–Trinajstić information content (AvgIpc) is 2.40. The van der Waals surface area contributed by atoms with Gasteiger partial charge in [0, 0.05) is 6.42 Å². The summed E-state index contributed by atoms with van der Waals surface area (Å²) in [6.45, 7) is 11.0. The maximum absolute atomic E-state index is 11.4. The number of ether oxygens (including phenoxy) is 1. The van der Waals surface area contributed by atoms with Crippen LogP contribution >= 0.6 is 0 Å². The first-order valence-electron chi connectivity index (χ1n) is 7.29. The molecule has 0 fully saturated rings. The molecule has 0 radical (unpaired) electrons. The van der Waals surface area contributed by atoms with Gasteiger partial charge in [0.2, 0.25) is 0 Å². The summed E-state index contributed by atoms with van der Waals surface area (Å²) in [6, 6.07) is 0. The first-order chi connectivity index (χ1) is 9.66. The third kappa shape index (κ3) is 9.02. The van der Waals surface area contributed by atoms with Crippen LogP contribution in [0.5, 0.6) is 0 Å². The molecule has 0 rings (SSSR count). The second kappa shape index (κ2) is 9.34. The Kier molecular flexibility index (Phi) is 9.03. The summed E-state index contributed by atoms with van der Waals surface area (Å²) in [6.07, 6.45) is 0.500. The molecule has 0 aliphatic rings. The maximum atomic E-state index is 11.4. The van der Waals surface area contributed by atoms with Crippen LogP contribution in [0.25, 0.3) is 0 Å². The van der Waals surface area contributed by atoms with Gasteiger partial charge in [-0.15, -0.1) is 0 Å². The monoisotopic (exact) mass is 326 g/mol. The highest BCUT2D eigenvalue weighted by atomic mass is 32.3. The lowest BCUT2D eigenvalue weighted by Crippen LogP contribution is -2.51. The van der Waals surface area contributed by atoms with Crippen LogP contribution in [0.1, 0.15) is 34.1 Å². The van der Waals surface area contributed by atoms with E-state index < -0.39 is 10.4 Å². The molecule has 0 atom stereocenters. The Labute approximate surface area is 127 Å². The van der Waals surface area contributed by atoms with E-state index in [1.54, 1.807) is 13.8 Å². The minimum Gasteiger partial charge on any atom is -0.459 e. The van der Waals surface area contributed by atoms with Crippen molar-refractivity contribution in [3.05, 3.63) is 0 Å². The van der Waals surface area contributed by atoms with E-state index in [-0.39, 0.29) is 18.5 Å². The molecule has 0 aromatic heterocycles. The highest BCUT2D eigenvalue weighted by Crippen LogP contribution is 2.09. The zero-order valence-corrected chi connectivity index (χ0v) is 14.2. The lowest BCUT2D eigenvalue weighted by molar-refractivity contribution is -0.925. The van der Waals surface area contributed by atoms with Gasteiger partial charge in [-0.3, -0.25) is 9.35 Å². The van der Waals surface area contributed by atoms with Gasteiger partial charge >= 0.3 is 16.4 Å². The fraction of sp³-hybridized carbons (Fsp3) is 0.923. The molecule has 126 valence electrons. The highest BCUT2D eigenvalue weighted by molar-refractivity contribution is 7.80. The first-order valence-corrected chi connectivity index (χ1v) is 8.66. The van der Waals surface area contributed by atoms with Crippen LogP contribution in [0, 0.1) is 5.92 Å². The summed E-state index contributed by atoms with van der Waals surface area (Å²) >= 11 is 0. The Bertz CT molecular complexity index is 403. The molecular formula is C13H28NO6S+. The van der Waals surface area contributed by atoms with E-state index in [4.69, 9.17) is 9.29 Å². The van der Waals surface area contributed by atoms with E-state index in [0.29, 0.717) is 30.6 Å². The van der Waals surface area contributed by atoms with Gasteiger partial charge in [-0.2, -0.15) is 8.42 Å². The third-order valence-corrected chi connectivity index (χ3v) is 4.10. The van der Waals surface area contributed by atoms with Gasteiger partial charge < -0.3 is 9.22 Å². The third-order valence-electron chi connectivity index (χ3n) is 3.63. The number of nitrogens with zero attached hydrogens (tertiary/aromatic N) is 1. The van der Waals surface area contributed by atoms with Crippen molar-refractivity contribution in [2.24, 2.45) is 5.92 Å². The molecule has 0 saturated heterocycles. The normalized spacial score (nSPS) is 12.7. The molecule has 0 aromatic rings. The second-order valence-corrected chi connectivity index (χ2v) is 6.44. The largest absolute Gasteiger partial charge is 0.459 e. The molecule has 7 nitrogen and oxygen atoms in total. The van der Waals surface area contributed by atoms with Crippen molar-refractivity contribution >= 4 is 16.4 Å². The zero-order chi connectivity index (χ0) is 16.5. The molecule has 0 amide bonds. The van der Waals surface area contributed by atoms with E-state index in [9.17, 15) is 13.2 Å². The van der Waals surface area contributed by atoms with Crippen LogP contribution in [0.4, 0.5) is 0 Å². The number of rotatable bonds is 11. The number of likely N-dealkylation sites (N-methyl/N-ethyl adjacent to an activating group) is 1. The molecule has 1 N–H and O–H groups in total. The van der Waals surface area contributed by atoms with Gasteiger partial charge in [-0.25, -0.2) is 4.18 Å². The standard InChI is InChI=1S/C13H27NO6S/c1-5-14(6-2,8-7-10-20-21(16,17)18)9-11-19-13(15)12(3)4/h12H,5-11H2,1-4H3/p+1. The Balaban J connectivity index is 4.26. The minimum atomic E-state index is -4.37. The molecule has 0 spiro atoms. The molecule has 0 saturated carbocycles. The highest BCUT2D eigenvalue weighted by Gasteiger charge is 2.24. The van der Waals surface area contributed by atoms with Gasteiger partial charge in [0.15, 0.2) is 0 Å². The van der Waals surface area contributed by atoms with Gasteiger partial charge in [0.05, 0.1) is 32.2 Å². The number of hydrogen-bond acceptors (Lipinski definition) is 5. The molecular weight excluding hydrogens is 298 g/mol. The Morgan fingerprint density at radius 3 is 2.14 bits per heavy atom. The average molecular weight is 326 g/mol. The minimum absolute atomic E-state index is 0.0510. The Hall–Kier alpha value is -0.700. The molecule has 0 aliphatic carbocycles. The summed E-state index contributed by atoms with van der Waals surface area (Å²) in [5.41, 5.74) is 0. The summed E-state index contributed by atoms with van der Waals surface area (Å²) in [5, 5.41) is 0. The predicted molar refractivity (Wildman–Crippen MR) is 79.0 cm³/mol. The summed E-state index contributed by atoms with van der Waals surface area (Å²) in [7, 11) is -4.37.